The van der Waals surface area contributed by atoms with Gasteiger partial charge in [-0.1, -0.05) is 20.3 Å². The van der Waals surface area contributed by atoms with Crippen molar-refractivity contribution in [2.24, 2.45) is 11.7 Å². The minimum Gasteiger partial charge on any atom is -0.481 e. The number of carboxylic acids is 3. The van der Waals surface area contributed by atoms with E-state index in [4.69, 9.17) is 15.9 Å². The van der Waals surface area contributed by atoms with Crippen LogP contribution in [0, 0.1) is 5.92 Å². The van der Waals surface area contributed by atoms with Gasteiger partial charge >= 0.3 is 17.9 Å². The molecule has 1 aliphatic heterocycles. The summed E-state index contributed by atoms with van der Waals surface area (Å²) < 4.78 is 0. The summed E-state index contributed by atoms with van der Waals surface area (Å²) >= 11 is 0. The molecule has 1 heterocycles. The quantitative estimate of drug-likeness (QED) is 0.187. The largest absolute Gasteiger partial charge is 0.481 e. The van der Waals surface area contributed by atoms with Gasteiger partial charge in [0.2, 0.25) is 17.7 Å². The molecular weight excluding hydrogens is 440 g/mol. The minimum absolute atomic E-state index is 0.119. The molecule has 0 spiro atoms. The van der Waals surface area contributed by atoms with Gasteiger partial charge in [0.15, 0.2) is 0 Å². The zero-order chi connectivity index (χ0) is 25.3. The Hall–Kier alpha value is -3.22. The standard InChI is InChI=1S/C20H32N4O9/c1-3-10(2)16(21)18(30)23-12(9-15(27)28)17(29)22-11(6-7-14(25)26)19(31)24-8-4-5-13(24)20(32)33/h10-13,16H,3-9,21H2,1-2H3,(H,22,29)(H,23,30)(H,25,26)(H,27,28)(H,32,33). The maximum atomic E-state index is 12.9. The lowest BCUT2D eigenvalue weighted by Gasteiger charge is -2.28. The van der Waals surface area contributed by atoms with Crippen molar-refractivity contribution in [1.82, 2.24) is 15.5 Å². The molecule has 1 aliphatic rings. The van der Waals surface area contributed by atoms with Crippen molar-refractivity contribution in [3.8, 4) is 0 Å². The minimum atomic E-state index is -1.57. The molecular formula is C20H32N4O9. The van der Waals surface area contributed by atoms with Gasteiger partial charge in [-0.25, -0.2) is 4.79 Å². The van der Waals surface area contributed by atoms with Gasteiger partial charge < -0.3 is 36.6 Å². The molecule has 0 aliphatic carbocycles. The van der Waals surface area contributed by atoms with Crippen molar-refractivity contribution < 1.29 is 44.1 Å². The van der Waals surface area contributed by atoms with Crippen molar-refractivity contribution in [3.05, 3.63) is 0 Å². The smallest absolute Gasteiger partial charge is 0.326 e. The van der Waals surface area contributed by atoms with Crippen molar-refractivity contribution in [3.63, 3.8) is 0 Å². The van der Waals surface area contributed by atoms with Crippen LogP contribution in [0.4, 0.5) is 0 Å². The Labute approximate surface area is 190 Å². The van der Waals surface area contributed by atoms with Crippen molar-refractivity contribution >= 4 is 35.6 Å². The molecule has 13 nitrogen and oxygen atoms in total. The van der Waals surface area contributed by atoms with Crippen LogP contribution in [0.15, 0.2) is 0 Å². The number of nitrogens with zero attached hydrogens (tertiary/aromatic N) is 1. The van der Waals surface area contributed by atoms with Crippen LogP contribution in [0.3, 0.4) is 0 Å². The lowest BCUT2D eigenvalue weighted by atomic mass is 9.99. The Morgan fingerprint density at radius 1 is 1.00 bits per heavy atom. The number of carbonyl (C=O) groups is 6. The van der Waals surface area contributed by atoms with Crippen LogP contribution in [0.2, 0.25) is 0 Å². The van der Waals surface area contributed by atoms with Crippen LogP contribution >= 0.6 is 0 Å². The number of likely N-dealkylation sites (tertiary alicyclic amines) is 1. The molecule has 1 fully saturated rings. The van der Waals surface area contributed by atoms with Crippen LogP contribution in [-0.2, 0) is 28.8 Å². The van der Waals surface area contributed by atoms with E-state index in [1.54, 1.807) is 13.8 Å². The number of rotatable bonds is 13. The van der Waals surface area contributed by atoms with E-state index in [2.05, 4.69) is 10.6 Å². The summed E-state index contributed by atoms with van der Waals surface area (Å²) in [5.74, 6) is -6.65. The van der Waals surface area contributed by atoms with E-state index >= 15 is 0 Å². The molecule has 0 aromatic carbocycles. The molecule has 1 saturated heterocycles. The number of hydrogen-bond donors (Lipinski definition) is 6. The van der Waals surface area contributed by atoms with E-state index in [1.807, 2.05) is 0 Å². The van der Waals surface area contributed by atoms with Gasteiger partial charge in [-0.15, -0.1) is 0 Å². The van der Waals surface area contributed by atoms with Crippen LogP contribution in [-0.4, -0.2) is 86.6 Å². The van der Waals surface area contributed by atoms with E-state index in [0.717, 1.165) is 4.90 Å². The maximum absolute atomic E-state index is 12.9. The average Bonchev–Trinajstić information content (AvgIpc) is 3.24. The number of nitrogens with two attached hydrogens (primary N) is 1. The van der Waals surface area contributed by atoms with Gasteiger partial charge in [0.05, 0.1) is 12.5 Å². The number of carbonyl (C=O) groups excluding carboxylic acids is 3. The third-order valence-electron chi connectivity index (χ3n) is 5.65. The van der Waals surface area contributed by atoms with E-state index in [1.165, 1.54) is 0 Å². The lowest BCUT2D eigenvalue weighted by molar-refractivity contribution is -0.150. The first kappa shape index (κ1) is 27.8. The monoisotopic (exact) mass is 472 g/mol. The Morgan fingerprint density at radius 2 is 1.61 bits per heavy atom. The van der Waals surface area contributed by atoms with E-state index in [9.17, 15) is 33.9 Å². The molecule has 0 aromatic rings. The normalized spacial score (nSPS) is 19.1. The molecule has 0 aromatic heterocycles. The highest BCUT2D eigenvalue weighted by molar-refractivity contribution is 5.96. The van der Waals surface area contributed by atoms with E-state index in [-0.39, 0.29) is 25.3 Å². The Balaban J connectivity index is 3.05. The van der Waals surface area contributed by atoms with Gasteiger partial charge in [-0.2, -0.15) is 0 Å². The SMILES string of the molecule is CCC(C)C(N)C(=O)NC(CC(=O)O)C(=O)NC(CCC(=O)O)C(=O)N1CCCC1C(=O)O. The summed E-state index contributed by atoms with van der Waals surface area (Å²) in [5.41, 5.74) is 5.83. The highest BCUT2D eigenvalue weighted by Crippen LogP contribution is 2.20. The molecule has 1 rings (SSSR count). The third-order valence-corrected chi connectivity index (χ3v) is 5.65. The summed E-state index contributed by atoms with van der Waals surface area (Å²) in [5, 5.41) is 32.0. The van der Waals surface area contributed by atoms with E-state index in [0.29, 0.717) is 12.8 Å². The van der Waals surface area contributed by atoms with Crippen LogP contribution < -0.4 is 16.4 Å². The van der Waals surface area contributed by atoms with Crippen molar-refractivity contribution in [2.45, 2.75) is 76.5 Å². The molecule has 3 amide bonds. The first-order valence-electron chi connectivity index (χ1n) is 10.7. The fraction of sp³-hybridized carbons (Fsp3) is 0.700. The van der Waals surface area contributed by atoms with Crippen molar-refractivity contribution in [2.75, 3.05) is 6.54 Å². The molecule has 13 heteroatoms. The summed E-state index contributed by atoms with van der Waals surface area (Å²) in [6.07, 6.45) is -0.442. The predicted octanol–water partition coefficient (Wildman–Crippen LogP) is -1.26. The Bertz CT molecular complexity index is 773. The highest BCUT2D eigenvalue weighted by atomic mass is 16.4. The summed E-state index contributed by atoms with van der Waals surface area (Å²) in [6, 6.07) is -5.08. The second kappa shape index (κ2) is 12.7. The second-order valence-corrected chi connectivity index (χ2v) is 8.09. The van der Waals surface area contributed by atoms with Gasteiger partial charge in [0, 0.05) is 13.0 Å². The van der Waals surface area contributed by atoms with Gasteiger partial charge in [0.1, 0.15) is 18.1 Å². The molecule has 0 radical (unpaired) electrons. The first-order chi connectivity index (χ1) is 15.4. The number of nitrogens with one attached hydrogen (secondary N) is 2. The molecule has 0 bridgehead atoms. The fourth-order valence-electron chi connectivity index (χ4n) is 3.45. The summed E-state index contributed by atoms with van der Waals surface area (Å²) in [4.78, 5) is 72.8. The van der Waals surface area contributed by atoms with Crippen LogP contribution in [0.5, 0.6) is 0 Å². The van der Waals surface area contributed by atoms with Gasteiger partial charge in [-0.05, 0) is 25.2 Å². The van der Waals surface area contributed by atoms with Gasteiger partial charge in [0.25, 0.3) is 0 Å². The average molecular weight is 472 g/mol. The highest BCUT2D eigenvalue weighted by Gasteiger charge is 2.38. The summed E-state index contributed by atoms with van der Waals surface area (Å²) in [7, 11) is 0. The fourth-order valence-corrected chi connectivity index (χ4v) is 3.45. The number of hydrogen-bond acceptors (Lipinski definition) is 7. The Kier molecular flexibility index (Phi) is 10.7. The zero-order valence-corrected chi connectivity index (χ0v) is 18.7. The molecule has 0 saturated carbocycles. The zero-order valence-electron chi connectivity index (χ0n) is 18.7. The summed E-state index contributed by atoms with van der Waals surface area (Å²) in [6.45, 7) is 3.64. The number of aliphatic carboxylic acids is 3. The maximum Gasteiger partial charge on any atom is 0.326 e. The third kappa shape index (κ3) is 8.33. The second-order valence-electron chi connectivity index (χ2n) is 8.09. The van der Waals surface area contributed by atoms with Crippen LogP contribution in [0.1, 0.15) is 52.4 Å². The predicted molar refractivity (Wildman–Crippen MR) is 113 cm³/mol. The molecule has 5 atom stereocenters. The lowest BCUT2D eigenvalue weighted by Crippen LogP contribution is -2.58. The molecule has 33 heavy (non-hydrogen) atoms. The number of amides is 3. The molecule has 5 unspecified atom stereocenters. The van der Waals surface area contributed by atoms with Crippen molar-refractivity contribution in [1.29, 1.82) is 0 Å². The molecule has 7 N–H and O–H groups in total. The molecule has 186 valence electrons. The van der Waals surface area contributed by atoms with E-state index < -0.39 is 72.6 Å². The van der Waals surface area contributed by atoms with Gasteiger partial charge in [-0.3, -0.25) is 24.0 Å². The Morgan fingerprint density at radius 3 is 2.12 bits per heavy atom. The topological polar surface area (TPSA) is 216 Å². The van der Waals surface area contributed by atoms with Crippen LogP contribution in [0.25, 0.3) is 0 Å². The number of carboxylic acid groups (broad SMARTS) is 3. The first-order valence-corrected chi connectivity index (χ1v) is 10.7.